The molecule has 0 fully saturated rings. The van der Waals surface area contributed by atoms with Crippen LogP contribution in [0.4, 0.5) is 10.1 Å². The Morgan fingerprint density at radius 3 is 2.48 bits per heavy atom. The summed E-state index contributed by atoms with van der Waals surface area (Å²) in [7, 11) is 0. The second-order valence-electron chi connectivity index (χ2n) is 6.16. The van der Waals surface area contributed by atoms with E-state index < -0.39 is 0 Å². The van der Waals surface area contributed by atoms with Crippen molar-refractivity contribution in [1.29, 1.82) is 0 Å². The van der Waals surface area contributed by atoms with Crippen LogP contribution in [0.2, 0.25) is 0 Å². The van der Waals surface area contributed by atoms with Gasteiger partial charge in [-0.05, 0) is 42.7 Å². The molecule has 0 saturated heterocycles. The van der Waals surface area contributed by atoms with Crippen molar-refractivity contribution in [3.63, 3.8) is 0 Å². The van der Waals surface area contributed by atoms with Gasteiger partial charge in [0.1, 0.15) is 19.0 Å². The van der Waals surface area contributed by atoms with Crippen LogP contribution in [0.15, 0.2) is 42.5 Å². The number of fused-ring (bicyclic) bond motifs is 1. The highest BCUT2D eigenvalue weighted by Crippen LogP contribution is 2.32. The number of rotatable bonds is 7. The van der Waals surface area contributed by atoms with Gasteiger partial charge in [-0.25, -0.2) is 4.39 Å². The van der Waals surface area contributed by atoms with E-state index in [2.05, 4.69) is 10.6 Å². The Kier molecular flexibility index (Phi) is 6.25. The van der Waals surface area contributed by atoms with Crippen molar-refractivity contribution >= 4 is 17.5 Å². The number of hydrogen-bond acceptors (Lipinski definition) is 4. The van der Waals surface area contributed by atoms with Crippen LogP contribution in [0.5, 0.6) is 11.5 Å². The lowest BCUT2D eigenvalue weighted by atomic mass is 10.1. The van der Waals surface area contributed by atoms with Crippen LogP contribution in [-0.2, 0) is 16.0 Å². The number of hydrogen-bond donors (Lipinski definition) is 2. The summed E-state index contributed by atoms with van der Waals surface area (Å²) in [6, 6.07) is 11.3. The Morgan fingerprint density at radius 1 is 0.963 bits per heavy atom. The zero-order valence-corrected chi connectivity index (χ0v) is 14.8. The molecule has 0 unspecified atom stereocenters. The molecule has 0 saturated carbocycles. The molecule has 27 heavy (non-hydrogen) atoms. The molecular weight excluding hydrogens is 351 g/mol. The Labute approximate surface area is 156 Å². The number of carbonyl (C=O) groups excluding carboxylic acids is 2. The molecule has 0 aliphatic carbocycles. The zero-order valence-electron chi connectivity index (χ0n) is 14.8. The van der Waals surface area contributed by atoms with Gasteiger partial charge in [0.05, 0.1) is 6.54 Å². The quantitative estimate of drug-likeness (QED) is 0.783. The second-order valence-corrected chi connectivity index (χ2v) is 6.16. The Balaban J connectivity index is 1.37. The molecule has 1 aliphatic heterocycles. The molecule has 2 aromatic rings. The maximum atomic E-state index is 12.8. The molecular formula is C20H21FN2O4. The fraction of sp³-hybridized carbons (Fsp3) is 0.300. The van der Waals surface area contributed by atoms with E-state index in [1.165, 1.54) is 12.1 Å². The van der Waals surface area contributed by atoms with Crippen molar-refractivity contribution in [3.8, 4) is 11.5 Å². The maximum Gasteiger partial charge on any atom is 0.243 e. The highest BCUT2D eigenvalue weighted by molar-refractivity contribution is 5.94. The van der Waals surface area contributed by atoms with Crippen LogP contribution < -0.4 is 20.1 Å². The van der Waals surface area contributed by atoms with Crippen LogP contribution in [0.25, 0.3) is 0 Å². The largest absolute Gasteiger partial charge is 0.486 e. The van der Waals surface area contributed by atoms with E-state index in [9.17, 15) is 14.0 Å². The minimum absolute atomic E-state index is 0.107. The second kappa shape index (κ2) is 9.02. The number of carbonyl (C=O) groups is 2. The molecule has 0 aromatic heterocycles. The van der Waals surface area contributed by atoms with E-state index in [0.29, 0.717) is 49.7 Å². The Bertz CT molecular complexity index is 808. The van der Waals surface area contributed by atoms with Gasteiger partial charge >= 0.3 is 0 Å². The third-order valence-corrected chi connectivity index (χ3v) is 4.05. The number of aryl methyl sites for hydroxylation is 1. The number of ether oxygens (including phenoxy) is 2. The van der Waals surface area contributed by atoms with Gasteiger partial charge in [0, 0.05) is 18.2 Å². The highest BCUT2D eigenvalue weighted by Gasteiger charge is 2.13. The minimum Gasteiger partial charge on any atom is -0.486 e. The van der Waals surface area contributed by atoms with Gasteiger partial charge in [0.15, 0.2) is 11.5 Å². The van der Waals surface area contributed by atoms with Crippen molar-refractivity contribution < 1.29 is 23.5 Å². The Morgan fingerprint density at radius 2 is 1.70 bits per heavy atom. The number of amides is 2. The summed E-state index contributed by atoms with van der Waals surface area (Å²) in [4.78, 5) is 23.8. The molecule has 3 rings (SSSR count). The van der Waals surface area contributed by atoms with Gasteiger partial charge < -0.3 is 20.1 Å². The minimum atomic E-state index is -0.321. The predicted octanol–water partition coefficient (Wildman–Crippen LogP) is 2.67. The molecule has 1 heterocycles. The van der Waals surface area contributed by atoms with Gasteiger partial charge in [0.25, 0.3) is 0 Å². The van der Waals surface area contributed by atoms with Crippen molar-refractivity contribution in [2.45, 2.75) is 19.3 Å². The fourth-order valence-corrected chi connectivity index (χ4v) is 2.70. The van der Waals surface area contributed by atoms with E-state index in [1.807, 2.05) is 0 Å². The van der Waals surface area contributed by atoms with E-state index in [4.69, 9.17) is 9.47 Å². The standard InChI is InChI=1S/C20H21FN2O4/c21-15-6-4-14(5-7-15)2-1-3-19(24)22-13-20(25)23-16-8-9-17-18(12-16)27-11-10-26-17/h4-9,12H,1-3,10-11,13H2,(H,22,24)(H,23,25). The maximum absolute atomic E-state index is 12.8. The van der Waals surface area contributed by atoms with Crippen LogP contribution in [0.1, 0.15) is 18.4 Å². The summed E-state index contributed by atoms with van der Waals surface area (Å²) in [5.41, 5.74) is 1.55. The zero-order chi connectivity index (χ0) is 19.1. The number of benzene rings is 2. The predicted molar refractivity (Wildman–Crippen MR) is 98.4 cm³/mol. The van der Waals surface area contributed by atoms with Crippen LogP contribution >= 0.6 is 0 Å². The average Bonchev–Trinajstić information content (AvgIpc) is 2.68. The first kappa shape index (κ1) is 18.7. The van der Waals surface area contributed by atoms with Gasteiger partial charge in [-0.15, -0.1) is 0 Å². The molecule has 0 spiro atoms. The summed E-state index contributed by atoms with van der Waals surface area (Å²) in [6.07, 6.45) is 1.60. The van der Waals surface area contributed by atoms with Gasteiger partial charge in [0.2, 0.25) is 11.8 Å². The summed E-state index contributed by atoms with van der Waals surface area (Å²) in [6.45, 7) is 0.869. The number of anilines is 1. The van der Waals surface area contributed by atoms with E-state index >= 15 is 0 Å². The van der Waals surface area contributed by atoms with Crippen molar-refractivity contribution in [1.82, 2.24) is 5.32 Å². The van der Waals surface area contributed by atoms with Gasteiger partial charge in [-0.3, -0.25) is 9.59 Å². The number of nitrogens with one attached hydrogen (secondary N) is 2. The lowest BCUT2D eigenvalue weighted by molar-refractivity contribution is -0.124. The average molecular weight is 372 g/mol. The summed E-state index contributed by atoms with van der Waals surface area (Å²) in [5.74, 6) is 0.436. The van der Waals surface area contributed by atoms with Crippen LogP contribution in [-0.4, -0.2) is 31.6 Å². The first-order valence-electron chi connectivity index (χ1n) is 8.81. The van der Waals surface area contributed by atoms with Crippen molar-refractivity contribution in [2.75, 3.05) is 25.1 Å². The molecule has 7 heteroatoms. The smallest absolute Gasteiger partial charge is 0.243 e. The van der Waals surface area contributed by atoms with Crippen molar-refractivity contribution in [3.05, 3.63) is 53.8 Å². The SMILES string of the molecule is O=C(CCCc1ccc(F)cc1)NCC(=O)Nc1ccc2c(c1)OCCO2. The molecule has 2 N–H and O–H groups in total. The molecule has 6 nitrogen and oxygen atoms in total. The molecule has 0 atom stereocenters. The summed E-state index contributed by atoms with van der Waals surface area (Å²) in [5, 5.41) is 5.30. The number of halogens is 1. The van der Waals surface area contributed by atoms with Gasteiger partial charge in [-0.1, -0.05) is 12.1 Å². The lowest BCUT2D eigenvalue weighted by Gasteiger charge is -2.19. The summed E-state index contributed by atoms with van der Waals surface area (Å²) < 4.78 is 23.7. The molecule has 0 radical (unpaired) electrons. The van der Waals surface area contributed by atoms with Crippen LogP contribution in [0.3, 0.4) is 0 Å². The molecule has 0 bridgehead atoms. The molecule has 2 amide bonds. The lowest BCUT2D eigenvalue weighted by Crippen LogP contribution is -2.32. The normalized spacial score (nSPS) is 12.3. The first-order chi connectivity index (χ1) is 13.1. The van der Waals surface area contributed by atoms with E-state index in [-0.39, 0.29) is 24.2 Å². The van der Waals surface area contributed by atoms with Crippen LogP contribution in [0, 0.1) is 5.82 Å². The van der Waals surface area contributed by atoms with Crippen molar-refractivity contribution in [2.24, 2.45) is 0 Å². The topological polar surface area (TPSA) is 76.7 Å². The van der Waals surface area contributed by atoms with E-state index in [1.54, 1.807) is 30.3 Å². The molecule has 2 aromatic carbocycles. The Hall–Kier alpha value is -3.09. The third-order valence-electron chi connectivity index (χ3n) is 4.05. The fourth-order valence-electron chi connectivity index (χ4n) is 2.70. The highest BCUT2D eigenvalue weighted by atomic mass is 19.1. The van der Waals surface area contributed by atoms with Gasteiger partial charge in [-0.2, -0.15) is 0 Å². The molecule has 142 valence electrons. The first-order valence-corrected chi connectivity index (χ1v) is 8.81. The monoisotopic (exact) mass is 372 g/mol. The molecule has 1 aliphatic rings. The third kappa shape index (κ3) is 5.70. The summed E-state index contributed by atoms with van der Waals surface area (Å²) >= 11 is 0. The van der Waals surface area contributed by atoms with E-state index in [0.717, 1.165) is 5.56 Å².